The third-order valence-electron chi connectivity index (χ3n) is 4.02. The van der Waals surface area contributed by atoms with Crippen LogP contribution in [0.5, 0.6) is 0 Å². The van der Waals surface area contributed by atoms with Crippen molar-refractivity contribution in [1.29, 1.82) is 0 Å². The van der Waals surface area contributed by atoms with Crippen molar-refractivity contribution in [2.24, 2.45) is 5.92 Å². The highest BCUT2D eigenvalue weighted by Gasteiger charge is 2.34. The van der Waals surface area contributed by atoms with Crippen LogP contribution < -0.4 is 10.3 Å². The topological polar surface area (TPSA) is 80.1 Å². The van der Waals surface area contributed by atoms with Crippen LogP contribution in [0.3, 0.4) is 0 Å². The normalized spacial score (nSPS) is 20.9. The van der Waals surface area contributed by atoms with Crippen LogP contribution in [0.1, 0.15) is 30.1 Å². The lowest BCUT2D eigenvalue weighted by Crippen LogP contribution is -2.53. The van der Waals surface area contributed by atoms with E-state index < -0.39 is 5.91 Å². The quantitative estimate of drug-likeness (QED) is 0.854. The zero-order valence-corrected chi connectivity index (χ0v) is 12.9. The van der Waals surface area contributed by atoms with E-state index in [9.17, 15) is 9.59 Å². The number of hydrogen-bond acceptors (Lipinski definition) is 5. The summed E-state index contributed by atoms with van der Waals surface area (Å²) < 4.78 is 0. The summed E-state index contributed by atoms with van der Waals surface area (Å²) in [6.45, 7) is 2.64. The molecule has 1 aliphatic heterocycles. The first-order valence-corrected chi connectivity index (χ1v) is 7.70. The number of hydrogen-bond donors (Lipinski definition) is 1. The van der Waals surface area contributed by atoms with Gasteiger partial charge in [0.15, 0.2) is 0 Å². The summed E-state index contributed by atoms with van der Waals surface area (Å²) in [5, 5.41) is 12.2. The van der Waals surface area contributed by atoms with E-state index >= 15 is 0 Å². The fourth-order valence-electron chi connectivity index (χ4n) is 2.67. The number of carbonyl (C=O) groups excluding carboxylic acids is 2. The van der Waals surface area contributed by atoms with E-state index in [1.807, 2.05) is 6.07 Å². The second kappa shape index (κ2) is 6.70. The van der Waals surface area contributed by atoms with Crippen molar-refractivity contribution < 1.29 is 9.59 Å². The number of nitrogens with zero attached hydrogens (tertiary/aromatic N) is 4. The molecule has 0 saturated carbocycles. The molecule has 1 N–H and O–H groups in total. The van der Waals surface area contributed by atoms with Gasteiger partial charge in [0.1, 0.15) is 0 Å². The van der Waals surface area contributed by atoms with Crippen LogP contribution in [0.4, 0.5) is 0 Å². The molecule has 2 heterocycles. The van der Waals surface area contributed by atoms with Gasteiger partial charge >= 0.3 is 0 Å². The van der Waals surface area contributed by atoms with Crippen molar-refractivity contribution in [3.05, 3.63) is 48.3 Å². The Labute approximate surface area is 134 Å². The minimum absolute atomic E-state index is 0.259. The van der Waals surface area contributed by atoms with Crippen LogP contribution >= 0.6 is 0 Å². The fourth-order valence-corrected chi connectivity index (χ4v) is 2.67. The molecule has 0 radical (unpaired) electrons. The maximum atomic E-state index is 12.9. The molecular weight excluding hydrogens is 294 g/mol. The highest BCUT2D eigenvalue weighted by molar-refractivity contribution is 6.16. The summed E-state index contributed by atoms with van der Waals surface area (Å²) >= 11 is 0. The Hall–Kier alpha value is -2.54. The number of aromatic nitrogens is 3. The van der Waals surface area contributed by atoms with E-state index in [0.717, 1.165) is 22.8 Å². The SMILES string of the molecule is CC1CCC(C(=O)N(C(=O)c2ccccc2)n2nccn2)CN1. The Kier molecular flexibility index (Phi) is 4.47. The summed E-state index contributed by atoms with van der Waals surface area (Å²) in [7, 11) is 0. The Morgan fingerprint density at radius 2 is 1.87 bits per heavy atom. The van der Waals surface area contributed by atoms with Crippen molar-refractivity contribution in [3.63, 3.8) is 0 Å². The molecule has 1 fully saturated rings. The average Bonchev–Trinajstić information content (AvgIpc) is 3.10. The van der Waals surface area contributed by atoms with Crippen LogP contribution in [-0.2, 0) is 4.79 Å². The zero-order chi connectivity index (χ0) is 16.2. The van der Waals surface area contributed by atoms with E-state index in [1.54, 1.807) is 24.3 Å². The molecule has 23 heavy (non-hydrogen) atoms. The van der Waals surface area contributed by atoms with Gasteiger partial charge in [-0.25, -0.2) is 0 Å². The van der Waals surface area contributed by atoms with Gasteiger partial charge in [0, 0.05) is 18.2 Å². The molecule has 0 bridgehead atoms. The molecule has 2 amide bonds. The Morgan fingerprint density at radius 3 is 2.48 bits per heavy atom. The number of benzene rings is 1. The molecular formula is C16H19N5O2. The Balaban J connectivity index is 1.87. The summed E-state index contributed by atoms with van der Waals surface area (Å²) in [6.07, 6.45) is 4.53. The van der Waals surface area contributed by atoms with Gasteiger partial charge in [-0.1, -0.05) is 23.1 Å². The van der Waals surface area contributed by atoms with E-state index in [0.29, 0.717) is 18.2 Å². The van der Waals surface area contributed by atoms with Gasteiger partial charge < -0.3 is 5.32 Å². The molecule has 7 nitrogen and oxygen atoms in total. The first-order valence-electron chi connectivity index (χ1n) is 7.70. The monoisotopic (exact) mass is 313 g/mol. The predicted octanol–water partition coefficient (Wildman–Crippen LogP) is 0.971. The number of imide groups is 1. The van der Waals surface area contributed by atoms with E-state index in [-0.39, 0.29) is 11.8 Å². The molecule has 3 rings (SSSR count). The lowest BCUT2D eigenvalue weighted by molar-refractivity contribution is -0.124. The molecule has 1 saturated heterocycles. The van der Waals surface area contributed by atoms with Gasteiger partial charge in [-0.2, -0.15) is 0 Å². The van der Waals surface area contributed by atoms with Crippen molar-refractivity contribution >= 4 is 11.8 Å². The number of nitrogens with one attached hydrogen (secondary N) is 1. The number of amides is 2. The largest absolute Gasteiger partial charge is 0.313 e. The molecule has 1 aliphatic rings. The fraction of sp³-hybridized carbons (Fsp3) is 0.375. The van der Waals surface area contributed by atoms with Crippen LogP contribution in [-0.4, -0.2) is 39.5 Å². The van der Waals surface area contributed by atoms with Crippen LogP contribution in [0.15, 0.2) is 42.7 Å². The summed E-state index contributed by atoms with van der Waals surface area (Å²) in [6, 6.07) is 9.08. The highest BCUT2D eigenvalue weighted by Crippen LogP contribution is 2.17. The third kappa shape index (κ3) is 3.29. The second-order valence-corrected chi connectivity index (χ2v) is 5.70. The number of rotatable bonds is 3. The summed E-state index contributed by atoms with van der Waals surface area (Å²) in [4.78, 5) is 26.7. The van der Waals surface area contributed by atoms with Crippen molar-refractivity contribution in [2.75, 3.05) is 11.6 Å². The standard InChI is InChI=1S/C16H19N5O2/c1-12-7-8-14(11-17-12)16(23)20(21-18-9-10-19-21)15(22)13-5-3-2-4-6-13/h2-6,9-10,12,14,17H,7-8,11H2,1H3. The van der Waals surface area contributed by atoms with Gasteiger partial charge in [0.25, 0.3) is 11.8 Å². The van der Waals surface area contributed by atoms with E-state index in [2.05, 4.69) is 22.4 Å². The highest BCUT2D eigenvalue weighted by atomic mass is 16.2. The lowest BCUT2D eigenvalue weighted by Gasteiger charge is -2.29. The molecule has 0 spiro atoms. The van der Waals surface area contributed by atoms with Gasteiger partial charge in [0.2, 0.25) is 0 Å². The predicted molar refractivity (Wildman–Crippen MR) is 84.2 cm³/mol. The van der Waals surface area contributed by atoms with Crippen molar-refractivity contribution in [1.82, 2.24) is 20.4 Å². The molecule has 0 aliphatic carbocycles. The summed E-state index contributed by atoms with van der Waals surface area (Å²) in [5.41, 5.74) is 0.426. The number of piperidine rings is 1. The maximum Gasteiger partial charge on any atom is 0.282 e. The van der Waals surface area contributed by atoms with Crippen molar-refractivity contribution in [2.45, 2.75) is 25.8 Å². The van der Waals surface area contributed by atoms with Crippen LogP contribution in [0.2, 0.25) is 0 Å². The average molecular weight is 313 g/mol. The van der Waals surface area contributed by atoms with Crippen LogP contribution in [0.25, 0.3) is 0 Å². The molecule has 1 aromatic heterocycles. The Bertz CT molecular complexity index is 663. The molecule has 7 heteroatoms. The molecule has 2 aromatic rings. The lowest BCUT2D eigenvalue weighted by atomic mass is 9.94. The van der Waals surface area contributed by atoms with E-state index in [1.165, 1.54) is 12.4 Å². The molecule has 1 aromatic carbocycles. The summed E-state index contributed by atoms with van der Waals surface area (Å²) in [5.74, 6) is -0.968. The van der Waals surface area contributed by atoms with Crippen molar-refractivity contribution in [3.8, 4) is 0 Å². The van der Waals surface area contributed by atoms with E-state index in [4.69, 9.17) is 0 Å². The van der Waals surface area contributed by atoms with Gasteiger partial charge in [-0.3, -0.25) is 9.59 Å². The number of carbonyl (C=O) groups is 2. The minimum atomic E-state index is -0.426. The van der Waals surface area contributed by atoms with Gasteiger partial charge in [-0.15, -0.1) is 15.2 Å². The zero-order valence-electron chi connectivity index (χ0n) is 12.9. The first kappa shape index (κ1) is 15.4. The molecule has 2 atom stereocenters. The minimum Gasteiger partial charge on any atom is -0.313 e. The van der Waals surface area contributed by atoms with Gasteiger partial charge in [-0.05, 0) is 31.9 Å². The second-order valence-electron chi connectivity index (χ2n) is 5.70. The Morgan fingerprint density at radius 1 is 1.17 bits per heavy atom. The van der Waals surface area contributed by atoms with Crippen LogP contribution in [0, 0.1) is 5.92 Å². The smallest absolute Gasteiger partial charge is 0.282 e. The molecule has 120 valence electrons. The first-order chi connectivity index (χ1) is 11.2. The van der Waals surface area contributed by atoms with Gasteiger partial charge in [0.05, 0.1) is 18.3 Å². The third-order valence-corrected chi connectivity index (χ3v) is 4.02. The molecule has 2 unspecified atom stereocenters. The maximum absolute atomic E-state index is 12.9.